The first kappa shape index (κ1) is 15.8. The molecule has 0 unspecified atom stereocenters. The van der Waals surface area contributed by atoms with E-state index in [1.54, 1.807) is 0 Å². The van der Waals surface area contributed by atoms with E-state index in [9.17, 15) is 9.59 Å². The van der Waals surface area contributed by atoms with Crippen molar-refractivity contribution in [3.05, 3.63) is 11.6 Å². The van der Waals surface area contributed by atoms with Gasteiger partial charge in [-0.25, -0.2) is 0 Å². The maximum atomic E-state index is 12.5. The molecule has 0 spiro atoms. The molecule has 0 aliphatic heterocycles. The molecule has 0 saturated heterocycles. The van der Waals surface area contributed by atoms with E-state index in [2.05, 4.69) is 6.92 Å². The fourth-order valence-electron chi connectivity index (χ4n) is 6.58. The van der Waals surface area contributed by atoms with Gasteiger partial charge in [0.15, 0.2) is 5.78 Å². The molecule has 0 N–H and O–H groups in total. The van der Waals surface area contributed by atoms with E-state index in [1.165, 1.54) is 5.57 Å². The Labute approximate surface area is 168 Å². The van der Waals surface area contributed by atoms with Crippen LogP contribution in [0.25, 0.3) is 0 Å². The van der Waals surface area contributed by atoms with Crippen LogP contribution >= 0.6 is 0 Å². The number of hydrogen-bond donors (Lipinski definition) is 0. The van der Waals surface area contributed by atoms with Gasteiger partial charge in [-0.05, 0) is 80.6 Å². The van der Waals surface area contributed by atoms with Crippen LogP contribution in [0, 0.1) is 28.6 Å². The van der Waals surface area contributed by atoms with Gasteiger partial charge in [-0.1, -0.05) is 32.8 Å². The third kappa shape index (κ3) is 3.09. The molecule has 3 fully saturated rings. The highest BCUT2D eigenvalue weighted by Crippen LogP contribution is 2.65. The van der Waals surface area contributed by atoms with Crippen molar-refractivity contribution in [2.75, 3.05) is 0 Å². The molecule has 6 atom stereocenters. The van der Waals surface area contributed by atoms with Crippen LogP contribution in [0.4, 0.5) is 0 Å². The number of esters is 1. The summed E-state index contributed by atoms with van der Waals surface area (Å²) in [4.78, 5) is 24.5. The first-order valence-corrected chi connectivity index (χ1v) is 10.9. The second-order valence-corrected chi connectivity index (χ2v) is 9.71. The van der Waals surface area contributed by atoms with Gasteiger partial charge in [0, 0.05) is 21.0 Å². The Morgan fingerprint density at radius 1 is 1.26 bits per heavy atom. The van der Waals surface area contributed by atoms with E-state index in [1.807, 2.05) is 19.9 Å². The van der Waals surface area contributed by atoms with E-state index in [4.69, 9.17) is 8.85 Å². The number of hydrogen-bond acceptors (Lipinski definition) is 3. The Balaban J connectivity index is 1.65. The number of ketones is 1. The predicted molar refractivity (Wildman–Crippen MR) is 106 cm³/mol. The summed E-state index contributed by atoms with van der Waals surface area (Å²) >= 11 is 0. The van der Waals surface area contributed by atoms with Gasteiger partial charge in [-0.15, -0.1) is 0 Å². The topological polar surface area (TPSA) is 43.4 Å². The molecule has 0 heterocycles. The molecule has 0 bridgehead atoms. The molecule has 3 nitrogen and oxygen atoms in total. The second-order valence-electron chi connectivity index (χ2n) is 9.71. The Morgan fingerprint density at radius 3 is 2.85 bits per heavy atom. The average Bonchev–Trinajstić information content (AvgIpc) is 2.83. The number of unbranched alkanes of at least 4 members (excludes halogenated alkanes) is 1. The number of fused-ring (bicyclic) bond motifs is 5. The van der Waals surface area contributed by atoms with Gasteiger partial charge in [-0.2, -0.15) is 0 Å². The van der Waals surface area contributed by atoms with Crippen molar-refractivity contribution in [2.45, 2.75) is 97.4 Å². The van der Waals surface area contributed by atoms with Crippen LogP contribution in [-0.2, 0) is 14.3 Å². The van der Waals surface area contributed by atoms with Crippen molar-refractivity contribution in [2.24, 2.45) is 28.6 Å². The van der Waals surface area contributed by atoms with Crippen LogP contribution < -0.4 is 0 Å². The fourth-order valence-corrected chi connectivity index (χ4v) is 6.58. The summed E-state index contributed by atoms with van der Waals surface area (Å²) in [5.74, 6) is 0.557. The first-order valence-electron chi connectivity index (χ1n) is 12.4. The summed E-state index contributed by atoms with van der Waals surface area (Å²) in [6.07, 6.45) is 5.20. The first-order chi connectivity index (χ1) is 14.0. The van der Waals surface area contributed by atoms with E-state index < -0.39 is 23.8 Å². The molecule has 4 rings (SSSR count). The van der Waals surface area contributed by atoms with E-state index >= 15 is 0 Å². The predicted octanol–water partition coefficient (Wildman–Crippen LogP) is 5.62. The Kier molecular flexibility index (Phi) is 4.11. The summed E-state index contributed by atoms with van der Waals surface area (Å²) in [5.41, 5.74) is 0.616. The van der Waals surface area contributed by atoms with E-state index in [0.717, 1.165) is 32.1 Å². The SMILES string of the molecule is [2H]C1([2H])C[C@H]2[C@@H]3CCC4=CC(=O)CC[C@]4(C)[C@H]3CC[C@]2(C)[C@@]1([2H])OC(=O)CCCC. The monoisotopic (exact) mass is 375 g/mol. The van der Waals surface area contributed by atoms with Crippen molar-refractivity contribution in [1.82, 2.24) is 0 Å². The van der Waals surface area contributed by atoms with Crippen LogP contribution in [0.5, 0.6) is 0 Å². The van der Waals surface area contributed by atoms with Crippen LogP contribution in [-0.4, -0.2) is 17.8 Å². The third-order valence-electron chi connectivity index (χ3n) is 8.30. The summed E-state index contributed by atoms with van der Waals surface area (Å²) < 4.78 is 32.4. The number of carbonyl (C=O) groups is 2. The highest BCUT2D eigenvalue weighted by atomic mass is 16.5. The third-order valence-corrected chi connectivity index (χ3v) is 8.30. The number of allylic oxidation sites excluding steroid dienone is 1. The van der Waals surface area contributed by atoms with Crippen molar-refractivity contribution < 1.29 is 18.4 Å². The maximum absolute atomic E-state index is 12.5. The molecule has 3 heteroatoms. The average molecular weight is 376 g/mol. The molecule has 0 radical (unpaired) electrons. The van der Waals surface area contributed by atoms with Crippen molar-refractivity contribution >= 4 is 11.8 Å². The molecule has 4 aliphatic rings. The van der Waals surface area contributed by atoms with Gasteiger partial charge >= 0.3 is 5.97 Å². The van der Waals surface area contributed by atoms with E-state index in [0.29, 0.717) is 31.1 Å². The molecule has 150 valence electrons. The minimum Gasteiger partial charge on any atom is -0.462 e. The zero-order valence-corrected chi connectivity index (χ0v) is 17.1. The van der Waals surface area contributed by atoms with Gasteiger partial charge in [0.1, 0.15) is 6.08 Å². The number of ether oxygens (including phenoxy) is 1. The van der Waals surface area contributed by atoms with Crippen molar-refractivity contribution in [3.8, 4) is 0 Å². The molecule has 0 aromatic rings. The minimum atomic E-state index is -1.86. The highest BCUT2D eigenvalue weighted by Gasteiger charge is 2.59. The second kappa shape index (κ2) is 7.04. The van der Waals surface area contributed by atoms with E-state index in [-0.39, 0.29) is 30.0 Å². The summed E-state index contributed by atoms with van der Waals surface area (Å²) in [7, 11) is 0. The lowest BCUT2D eigenvalue weighted by Crippen LogP contribution is -2.51. The fraction of sp³-hybridized carbons (Fsp3) is 0.833. The van der Waals surface area contributed by atoms with Crippen molar-refractivity contribution in [1.29, 1.82) is 0 Å². The minimum absolute atomic E-state index is 0.00987. The molecular formula is C24H36O3. The van der Waals surface area contributed by atoms with Gasteiger partial charge in [0.05, 0.1) is 1.37 Å². The number of rotatable bonds is 4. The Bertz CT molecular complexity index is 778. The van der Waals surface area contributed by atoms with Crippen molar-refractivity contribution in [3.63, 3.8) is 0 Å². The smallest absolute Gasteiger partial charge is 0.306 e. The lowest BCUT2D eigenvalue weighted by molar-refractivity contribution is -0.160. The van der Waals surface area contributed by atoms with Gasteiger partial charge in [0.25, 0.3) is 0 Å². The zero-order chi connectivity index (χ0) is 21.9. The zero-order valence-electron chi connectivity index (χ0n) is 20.1. The number of carbonyl (C=O) groups excluding carboxylic acids is 2. The Morgan fingerprint density at radius 2 is 2.07 bits per heavy atom. The molecule has 27 heavy (non-hydrogen) atoms. The molecule has 3 saturated carbocycles. The molecule has 0 aromatic carbocycles. The summed E-state index contributed by atoms with van der Waals surface area (Å²) in [5, 5.41) is 0. The van der Waals surface area contributed by atoms with Gasteiger partial charge < -0.3 is 4.74 Å². The normalized spacial score (nSPS) is 49.6. The largest absolute Gasteiger partial charge is 0.462 e. The maximum Gasteiger partial charge on any atom is 0.306 e. The van der Waals surface area contributed by atoms with Crippen LogP contribution in [0.2, 0.25) is 0 Å². The molecule has 0 amide bonds. The molecule has 0 aromatic heterocycles. The van der Waals surface area contributed by atoms with Crippen LogP contribution in [0.15, 0.2) is 11.6 Å². The standard InChI is InChI=1S/C24H36O3/c1-4-5-6-22(26)27-21-10-9-19-18-8-7-16-15-17(25)11-13-23(16,2)20(18)12-14-24(19,21)3/h15,18-21H,4-14H2,1-3H3/t18-,19-,20-,21-,23-,24-/m0/s1/i10D2,21D. The Hall–Kier alpha value is -1.12. The lowest BCUT2D eigenvalue weighted by Gasteiger charge is -2.57. The lowest BCUT2D eigenvalue weighted by atomic mass is 9.47. The summed E-state index contributed by atoms with van der Waals surface area (Å²) in [6, 6.07) is 0. The van der Waals surface area contributed by atoms with Crippen LogP contribution in [0.1, 0.15) is 95.5 Å². The van der Waals surface area contributed by atoms with Gasteiger partial charge in [0.2, 0.25) is 0 Å². The van der Waals surface area contributed by atoms with Crippen LogP contribution in [0.3, 0.4) is 0 Å². The van der Waals surface area contributed by atoms with Gasteiger partial charge in [-0.3, -0.25) is 9.59 Å². The molecular weight excluding hydrogens is 336 g/mol. The highest BCUT2D eigenvalue weighted by molar-refractivity contribution is 5.91. The summed E-state index contributed by atoms with van der Waals surface area (Å²) in [6.45, 7) is 6.30. The quantitative estimate of drug-likeness (QED) is 0.599. The molecule has 4 aliphatic carbocycles.